The Morgan fingerprint density at radius 3 is 2.76 bits per heavy atom. The predicted molar refractivity (Wildman–Crippen MR) is 78.8 cm³/mol. The Kier molecular flexibility index (Phi) is 4.00. The molecule has 0 fully saturated rings. The maximum Gasteiger partial charge on any atom is 0.237 e. The lowest BCUT2D eigenvalue weighted by molar-refractivity contribution is 0.398. The lowest BCUT2D eigenvalue weighted by atomic mass is 10.1. The summed E-state index contributed by atoms with van der Waals surface area (Å²) in [5.41, 5.74) is 0.782. The van der Waals surface area contributed by atoms with Gasteiger partial charge >= 0.3 is 0 Å². The first-order valence-electron chi connectivity index (χ1n) is 6.19. The van der Waals surface area contributed by atoms with Crippen LogP contribution in [0, 0.1) is 18.3 Å². The quantitative estimate of drug-likeness (QED) is 0.934. The van der Waals surface area contributed by atoms with Crippen molar-refractivity contribution in [3.8, 4) is 11.9 Å². The second-order valence-electron chi connectivity index (χ2n) is 4.90. The molecule has 0 bridgehead atoms. The van der Waals surface area contributed by atoms with E-state index in [-0.39, 0.29) is 5.88 Å². The summed E-state index contributed by atoms with van der Waals surface area (Å²) in [5.74, 6) is 0.630. The summed E-state index contributed by atoms with van der Waals surface area (Å²) in [6.07, 6.45) is 3.08. The molecule has 110 valence electrons. The van der Waals surface area contributed by atoms with Gasteiger partial charge < -0.3 is 10.1 Å². The Bertz CT molecular complexity index is 703. The van der Waals surface area contributed by atoms with Gasteiger partial charge in [0.25, 0.3) is 0 Å². The topological polar surface area (TPSA) is 88.6 Å². The highest BCUT2D eigenvalue weighted by molar-refractivity contribution is 6.31. The fraction of sp³-hybridized carbons (Fsp3) is 0.385. The summed E-state index contributed by atoms with van der Waals surface area (Å²) in [7, 11) is 1.48. The number of methoxy groups -OCH3 is 1. The van der Waals surface area contributed by atoms with Gasteiger partial charge in [-0.2, -0.15) is 15.3 Å². The average Bonchev–Trinajstić information content (AvgIpc) is 2.83. The minimum absolute atomic E-state index is 0.288. The van der Waals surface area contributed by atoms with E-state index in [2.05, 4.69) is 26.5 Å². The number of nitrogens with zero attached hydrogens (tertiary/aromatic N) is 5. The molecule has 0 unspecified atom stereocenters. The van der Waals surface area contributed by atoms with Crippen LogP contribution in [0.25, 0.3) is 0 Å². The molecule has 0 aliphatic carbocycles. The molecule has 2 aromatic rings. The van der Waals surface area contributed by atoms with Crippen molar-refractivity contribution in [1.29, 1.82) is 5.26 Å². The fourth-order valence-corrected chi connectivity index (χ4v) is 1.99. The largest absolute Gasteiger partial charge is 0.480 e. The standard InChI is InChI=1S/C13H15ClN6O/c1-8-10(6-17-20(8)13(2,3)7-15)18-12-16-5-9(14)11(19-12)21-4/h5-6H,1-4H3,(H,16,18,19). The lowest BCUT2D eigenvalue weighted by Gasteiger charge is -2.18. The number of halogens is 1. The molecule has 0 atom stereocenters. The summed E-state index contributed by atoms with van der Waals surface area (Å²) >= 11 is 5.88. The van der Waals surface area contributed by atoms with E-state index in [4.69, 9.17) is 16.3 Å². The Balaban J connectivity index is 2.32. The Hall–Kier alpha value is -2.33. The number of hydrogen-bond acceptors (Lipinski definition) is 6. The Labute approximate surface area is 127 Å². The average molecular weight is 307 g/mol. The normalized spacial score (nSPS) is 11.0. The van der Waals surface area contributed by atoms with E-state index >= 15 is 0 Å². The van der Waals surface area contributed by atoms with Crippen LogP contribution in [0.4, 0.5) is 11.6 Å². The van der Waals surface area contributed by atoms with Crippen LogP contribution in [-0.2, 0) is 5.54 Å². The molecule has 0 radical (unpaired) electrons. The summed E-state index contributed by atoms with van der Waals surface area (Å²) < 4.78 is 6.68. The van der Waals surface area contributed by atoms with Gasteiger partial charge in [0, 0.05) is 0 Å². The molecule has 21 heavy (non-hydrogen) atoms. The van der Waals surface area contributed by atoms with E-state index in [1.807, 2.05) is 6.92 Å². The van der Waals surface area contributed by atoms with Gasteiger partial charge in [-0.05, 0) is 20.8 Å². The highest BCUT2D eigenvalue weighted by Gasteiger charge is 2.23. The molecule has 2 heterocycles. The molecule has 7 nitrogen and oxygen atoms in total. The van der Waals surface area contributed by atoms with Crippen molar-refractivity contribution in [2.45, 2.75) is 26.3 Å². The predicted octanol–water partition coefficient (Wildman–Crippen LogP) is 2.65. The molecule has 8 heteroatoms. The number of rotatable bonds is 4. The van der Waals surface area contributed by atoms with E-state index in [1.165, 1.54) is 13.3 Å². The summed E-state index contributed by atoms with van der Waals surface area (Å²) in [6.45, 7) is 5.44. The van der Waals surface area contributed by atoms with Gasteiger partial charge in [0.15, 0.2) is 0 Å². The van der Waals surface area contributed by atoms with Crippen molar-refractivity contribution >= 4 is 23.2 Å². The number of ether oxygens (including phenoxy) is 1. The van der Waals surface area contributed by atoms with Crippen molar-refractivity contribution in [2.24, 2.45) is 0 Å². The van der Waals surface area contributed by atoms with Gasteiger partial charge in [-0.1, -0.05) is 11.6 Å². The minimum Gasteiger partial charge on any atom is -0.480 e. The van der Waals surface area contributed by atoms with Crippen LogP contribution in [0.2, 0.25) is 5.02 Å². The van der Waals surface area contributed by atoms with Crippen molar-refractivity contribution < 1.29 is 4.74 Å². The molecule has 0 aliphatic heterocycles. The van der Waals surface area contributed by atoms with Gasteiger partial charge in [-0.25, -0.2) is 9.67 Å². The van der Waals surface area contributed by atoms with Crippen LogP contribution in [0.15, 0.2) is 12.4 Å². The molecule has 2 rings (SSSR count). The maximum atomic E-state index is 9.18. The summed E-state index contributed by atoms with van der Waals surface area (Å²) in [6, 6.07) is 2.21. The van der Waals surface area contributed by atoms with E-state index in [1.54, 1.807) is 24.7 Å². The first kappa shape index (κ1) is 15.1. The van der Waals surface area contributed by atoms with E-state index < -0.39 is 5.54 Å². The smallest absolute Gasteiger partial charge is 0.237 e. The van der Waals surface area contributed by atoms with Gasteiger partial charge in [-0.15, -0.1) is 0 Å². The zero-order chi connectivity index (χ0) is 15.6. The molecular weight excluding hydrogens is 292 g/mol. The first-order valence-corrected chi connectivity index (χ1v) is 6.56. The SMILES string of the molecule is COc1nc(Nc2cnn(C(C)(C)C#N)c2C)ncc1Cl. The second kappa shape index (κ2) is 5.58. The van der Waals surface area contributed by atoms with Crippen LogP contribution in [0.1, 0.15) is 19.5 Å². The van der Waals surface area contributed by atoms with Crippen LogP contribution < -0.4 is 10.1 Å². The zero-order valence-corrected chi connectivity index (χ0v) is 12.9. The van der Waals surface area contributed by atoms with Gasteiger partial charge in [0.2, 0.25) is 11.8 Å². The number of aromatic nitrogens is 4. The van der Waals surface area contributed by atoms with Crippen LogP contribution in [0.5, 0.6) is 5.88 Å². The van der Waals surface area contributed by atoms with Crippen LogP contribution in [0.3, 0.4) is 0 Å². The van der Waals surface area contributed by atoms with Crippen molar-refractivity contribution in [3.05, 3.63) is 23.1 Å². The number of nitrogens with one attached hydrogen (secondary N) is 1. The van der Waals surface area contributed by atoms with E-state index in [0.717, 1.165) is 5.69 Å². The zero-order valence-electron chi connectivity index (χ0n) is 12.2. The lowest BCUT2D eigenvalue weighted by Crippen LogP contribution is -2.26. The molecule has 0 saturated carbocycles. The van der Waals surface area contributed by atoms with Crippen LogP contribution >= 0.6 is 11.6 Å². The molecular formula is C13H15ClN6O. The van der Waals surface area contributed by atoms with Gasteiger partial charge in [0.05, 0.1) is 37.0 Å². The van der Waals surface area contributed by atoms with Gasteiger partial charge in [-0.3, -0.25) is 0 Å². The molecule has 0 spiro atoms. The molecule has 0 aliphatic rings. The molecule has 0 aromatic carbocycles. The van der Waals surface area contributed by atoms with Crippen molar-refractivity contribution in [1.82, 2.24) is 19.7 Å². The van der Waals surface area contributed by atoms with Gasteiger partial charge in [0.1, 0.15) is 10.6 Å². The van der Waals surface area contributed by atoms with Crippen molar-refractivity contribution in [3.63, 3.8) is 0 Å². The maximum absolute atomic E-state index is 9.18. The third kappa shape index (κ3) is 2.90. The van der Waals surface area contributed by atoms with Crippen LogP contribution in [-0.4, -0.2) is 26.9 Å². The fourth-order valence-electron chi connectivity index (χ4n) is 1.82. The number of nitriles is 1. The Morgan fingerprint density at radius 2 is 2.14 bits per heavy atom. The summed E-state index contributed by atoms with van der Waals surface area (Å²) in [4.78, 5) is 8.22. The highest BCUT2D eigenvalue weighted by Crippen LogP contribution is 2.26. The first-order chi connectivity index (χ1) is 9.89. The minimum atomic E-state index is -0.734. The molecule has 2 aromatic heterocycles. The Morgan fingerprint density at radius 1 is 1.43 bits per heavy atom. The molecule has 0 amide bonds. The number of hydrogen-bond donors (Lipinski definition) is 1. The number of anilines is 2. The summed E-state index contributed by atoms with van der Waals surface area (Å²) in [5, 5.41) is 16.8. The second-order valence-corrected chi connectivity index (χ2v) is 5.31. The third-order valence-corrected chi connectivity index (χ3v) is 3.22. The monoisotopic (exact) mass is 306 g/mol. The van der Waals surface area contributed by atoms with Crippen molar-refractivity contribution in [2.75, 3.05) is 12.4 Å². The highest BCUT2D eigenvalue weighted by atomic mass is 35.5. The third-order valence-electron chi connectivity index (χ3n) is 2.96. The molecule has 1 N–H and O–H groups in total. The van der Waals surface area contributed by atoms with E-state index in [0.29, 0.717) is 16.7 Å². The van der Waals surface area contributed by atoms with E-state index in [9.17, 15) is 5.26 Å². The molecule has 0 saturated heterocycles.